The van der Waals surface area contributed by atoms with Crippen LogP contribution in [0.15, 0.2) is 18.5 Å². The van der Waals surface area contributed by atoms with Crippen LogP contribution in [0.3, 0.4) is 0 Å². The van der Waals surface area contributed by atoms with Crippen LogP contribution >= 0.6 is 0 Å². The number of aryl methyl sites for hydroxylation is 1. The number of carbonyl (C=O) groups is 1. The summed E-state index contributed by atoms with van der Waals surface area (Å²) in [6.45, 7) is 3.49. The fraction of sp³-hybridized carbons (Fsp3) is 0.421. The Bertz CT molecular complexity index is 1040. The van der Waals surface area contributed by atoms with E-state index in [9.17, 15) is 4.79 Å². The second-order valence-electron chi connectivity index (χ2n) is 6.91. The van der Waals surface area contributed by atoms with Crippen LogP contribution in [0.5, 0.6) is 0 Å². The third kappa shape index (κ3) is 3.05. The van der Waals surface area contributed by atoms with Gasteiger partial charge in [-0.15, -0.1) is 0 Å². The highest BCUT2D eigenvalue weighted by Crippen LogP contribution is 2.32. The molecule has 1 N–H and O–H groups in total. The lowest BCUT2D eigenvalue weighted by molar-refractivity contribution is -0.131. The summed E-state index contributed by atoms with van der Waals surface area (Å²) in [4.78, 5) is 32.8. The van der Waals surface area contributed by atoms with Gasteiger partial charge in [-0.1, -0.05) is 0 Å². The molecule has 0 spiro atoms. The van der Waals surface area contributed by atoms with Gasteiger partial charge in [0.15, 0.2) is 0 Å². The van der Waals surface area contributed by atoms with E-state index >= 15 is 0 Å². The van der Waals surface area contributed by atoms with Gasteiger partial charge in [-0.3, -0.25) is 4.79 Å². The Morgan fingerprint density at radius 2 is 2.19 bits per heavy atom. The Hall–Kier alpha value is -3.21. The second kappa shape index (κ2) is 6.83. The predicted molar refractivity (Wildman–Crippen MR) is 102 cm³/mol. The third-order valence-electron chi connectivity index (χ3n) is 5.28. The van der Waals surface area contributed by atoms with E-state index in [2.05, 4.69) is 19.9 Å². The molecule has 3 aromatic rings. The molecule has 0 radical (unpaired) electrons. The normalized spacial score (nSPS) is 15.2. The van der Waals surface area contributed by atoms with Gasteiger partial charge in [0.1, 0.15) is 23.7 Å². The van der Waals surface area contributed by atoms with Crippen molar-refractivity contribution in [3.63, 3.8) is 0 Å². The molecule has 0 aliphatic carbocycles. The summed E-state index contributed by atoms with van der Waals surface area (Å²) < 4.78 is 0. The summed E-state index contributed by atoms with van der Waals surface area (Å²) in [6, 6.07) is 4.10. The highest BCUT2D eigenvalue weighted by atomic mass is 16.2. The fourth-order valence-electron chi connectivity index (χ4n) is 3.82. The maximum atomic E-state index is 12.0. The molecule has 0 saturated carbocycles. The van der Waals surface area contributed by atoms with Gasteiger partial charge in [-0.25, -0.2) is 15.0 Å². The molecule has 1 fully saturated rings. The van der Waals surface area contributed by atoms with Crippen molar-refractivity contribution in [3.8, 4) is 6.07 Å². The second-order valence-corrected chi connectivity index (χ2v) is 6.91. The van der Waals surface area contributed by atoms with Gasteiger partial charge in [0, 0.05) is 37.8 Å². The third-order valence-corrected chi connectivity index (χ3v) is 5.28. The van der Waals surface area contributed by atoms with Crippen LogP contribution in [0.4, 0.5) is 5.82 Å². The monoisotopic (exact) mass is 363 g/mol. The lowest BCUT2D eigenvalue weighted by atomic mass is 10.0. The van der Waals surface area contributed by atoms with E-state index < -0.39 is 0 Å². The number of nitriles is 1. The van der Waals surface area contributed by atoms with Gasteiger partial charge in [0.2, 0.25) is 5.91 Å². The number of rotatable bonds is 3. The SMILES string of the molecule is Cc1nc(N2CCC(N(C)C(=O)CC#N)CC2)c2c(cnc3[nH]ccc32)n1. The maximum absolute atomic E-state index is 12.0. The molecule has 8 heteroatoms. The topological polar surface area (TPSA) is 102 Å². The average Bonchev–Trinajstić information content (AvgIpc) is 3.16. The van der Waals surface area contributed by atoms with E-state index in [-0.39, 0.29) is 18.4 Å². The molecule has 0 bridgehead atoms. The Kier molecular flexibility index (Phi) is 4.36. The predicted octanol–water partition coefficient (Wildman–Crippen LogP) is 2.16. The van der Waals surface area contributed by atoms with Crippen molar-refractivity contribution < 1.29 is 4.79 Å². The molecule has 0 aromatic carbocycles. The maximum Gasteiger partial charge on any atom is 0.236 e. The van der Waals surface area contributed by atoms with Crippen LogP contribution in [-0.2, 0) is 4.79 Å². The number of hydrogen-bond donors (Lipinski definition) is 1. The quantitative estimate of drug-likeness (QED) is 0.765. The van der Waals surface area contributed by atoms with Crippen LogP contribution in [0.1, 0.15) is 25.1 Å². The molecule has 0 unspecified atom stereocenters. The Balaban J connectivity index is 1.63. The fourth-order valence-corrected chi connectivity index (χ4v) is 3.82. The van der Waals surface area contributed by atoms with Gasteiger partial charge >= 0.3 is 0 Å². The van der Waals surface area contributed by atoms with E-state index in [1.54, 1.807) is 18.1 Å². The molecular formula is C19H21N7O. The van der Waals surface area contributed by atoms with Gasteiger partial charge in [-0.05, 0) is 25.8 Å². The molecule has 4 heterocycles. The van der Waals surface area contributed by atoms with Crippen molar-refractivity contribution in [1.82, 2.24) is 24.8 Å². The van der Waals surface area contributed by atoms with Gasteiger partial charge in [0.25, 0.3) is 0 Å². The number of hydrogen-bond acceptors (Lipinski definition) is 6. The zero-order valence-corrected chi connectivity index (χ0v) is 15.4. The zero-order valence-electron chi connectivity index (χ0n) is 15.4. The minimum absolute atomic E-state index is 0.0646. The molecule has 4 rings (SSSR count). The molecule has 138 valence electrons. The highest BCUT2D eigenvalue weighted by Gasteiger charge is 2.27. The van der Waals surface area contributed by atoms with Crippen molar-refractivity contribution >= 4 is 33.7 Å². The summed E-state index contributed by atoms with van der Waals surface area (Å²) in [5.74, 6) is 1.53. The van der Waals surface area contributed by atoms with E-state index in [1.807, 2.05) is 25.3 Å². The molecule has 3 aromatic heterocycles. The first kappa shape index (κ1) is 17.2. The summed E-state index contributed by atoms with van der Waals surface area (Å²) in [5, 5.41) is 10.8. The van der Waals surface area contributed by atoms with Gasteiger partial charge < -0.3 is 14.8 Å². The number of carbonyl (C=O) groups excluding carboxylic acids is 1. The number of nitrogens with zero attached hydrogens (tertiary/aromatic N) is 6. The first-order valence-electron chi connectivity index (χ1n) is 9.06. The van der Waals surface area contributed by atoms with E-state index in [0.29, 0.717) is 0 Å². The van der Waals surface area contributed by atoms with Crippen molar-refractivity contribution in [2.75, 3.05) is 25.0 Å². The summed E-state index contributed by atoms with van der Waals surface area (Å²) in [6.07, 6.45) is 5.29. The van der Waals surface area contributed by atoms with Crippen molar-refractivity contribution in [2.24, 2.45) is 0 Å². The summed E-state index contributed by atoms with van der Waals surface area (Å²) >= 11 is 0. The van der Waals surface area contributed by atoms with Crippen molar-refractivity contribution in [3.05, 3.63) is 24.3 Å². The first-order valence-corrected chi connectivity index (χ1v) is 9.06. The largest absolute Gasteiger partial charge is 0.356 e. The zero-order chi connectivity index (χ0) is 19.0. The number of fused-ring (bicyclic) bond motifs is 3. The number of piperidine rings is 1. The van der Waals surface area contributed by atoms with Crippen LogP contribution in [-0.4, -0.2) is 56.9 Å². The van der Waals surface area contributed by atoms with Crippen molar-refractivity contribution in [2.45, 2.75) is 32.2 Å². The molecular weight excluding hydrogens is 342 g/mol. The van der Waals surface area contributed by atoms with E-state index in [4.69, 9.17) is 10.2 Å². The highest BCUT2D eigenvalue weighted by molar-refractivity contribution is 6.09. The molecule has 27 heavy (non-hydrogen) atoms. The number of amides is 1. The molecule has 1 amide bonds. The number of H-pyrrole nitrogens is 1. The van der Waals surface area contributed by atoms with E-state index in [1.165, 1.54) is 0 Å². The average molecular weight is 363 g/mol. The number of nitrogens with one attached hydrogen (secondary N) is 1. The van der Waals surface area contributed by atoms with Crippen LogP contribution in [0.25, 0.3) is 21.9 Å². The van der Waals surface area contributed by atoms with Gasteiger partial charge in [0.05, 0.1) is 23.2 Å². The van der Waals surface area contributed by atoms with E-state index in [0.717, 1.165) is 59.5 Å². The molecule has 1 aliphatic heterocycles. The minimum atomic E-state index is -0.112. The standard InChI is InChI=1S/C19H21N7O/c1-12-23-15-11-22-18-14(4-8-21-18)17(15)19(24-12)26-9-5-13(6-10-26)25(2)16(27)3-7-20/h4,8,11,13H,3,5-6,9-10H2,1-2H3,(H,21,22). The van der Waals surface area contributed by atoms with Crippen LogP contribution < -0.4 is 4.90 Å². The summed E-state index contributed by atoms with van der Waals surface area (Å²) in [7, 11) is 1.79. The lowest BCUT2D eigenvalue weighted by Gasteiger charge is -2.37. The summed E-state index contributed by atoms with van der Waals surface area (Å²) in [5.41, 5.74) is 1.67. The smallest absolute Gasteiger partial charge is 0.236 e. The molecule has 0 atom stereocenters. The Morgan fingerprint density at radius 3 is 2.93 bits per heavy atom. The van der Waals surface area contributed by atoms with Crippen molar-refractivity contribution in [1.29, 1.82) is 5.26 Å². The first-order chi connectivity index (χ1) is 13.1. The number of aromatic nitrogens is 4. The van der Waals surface area contributed by atoms with Gasteiger partial charge in [-0.2, -0.15) is 5.26 Å². The Morgan fingerprint density at radius 1 is 1.41 bits per heavy atom. The minimum Gasteiger partial charge on any atom is -0.356 e. The molecule has 1 aliphatic rings. The van der Waals surface area contributed by atoms with Crippen LogP contribution in [0.2, 0.25) is 0 Å². The number of anilines is 1. The Labute approximate surface area is 156 Å². The molecule has 1 saturated heterocycles. The molecule has 8 nitrogen and oxygen atoms in total. The number of aromatic amines is 1. The lowest BCUT2D eigenvalue weighted by Crippen LogP contribution is -2.45. The number of pyridine rings is 1. The van der Waals surface area contributed by atoms with Crippen LogP contribution in [0, 0.1) is 18.3 Å².